The Kier molecular flexibility index (Phi) is 3.99. The van der Waals surface area contributed by atoms with Gasteiger partial charge >= 0.3 is 11.9 Å². The Labute approximate surface area is 151 Å². The van der Waals surface area contributed by atoms with Crippen LogP contribution in [0.5, 0.6) is 0 Å². The predicted octanol–water partition coefficient (Wildman–Crippen LogP) is 4.00. The number of carbonyl (C=O) groups excluding carboxylic acids is 1. The molecule has 0 unspecified atom stereocenters. The number of carboxylic acid groups (broad SMARTS) is 1. The number of carboxylic acids is 1. The fourth-order valence-electron chi connectivity index (χ4n) is 4.06. The second-order valence-electron chi connectivity index (χ2n) is 6.66. The van der Waals surface area contributed by atoms with Crippen molar-refractivity contribution in [3.05, 3.63) is 76.9 Å². The number of aromatic carboxylic acids is 1. The van der Waals surface area contributed by atoms with E-state index >= 15 is 0 Å². The van der Waals surface area contributed by atoms with E-state index in [9.17, 15) is 9.59 Å². The third kappa shape index (κ3) is 2.56. The number of anilines is 1. The van der Waals surface area contributed by atoms with Crippen molar-refractivity contribution in [2.45, 2.75) is 18.4 Å². The van der Waals surface area contributed by atoms with E-state index in [1.807, 2.05) is 24.3 Å². The standard InChI is InChI=1S/C21H19NO4/c1-26-21(25)17-7-3-6-16-14-4-2-5-15(14)18(22-19(16)17)12-8-10-13(11-9-12)20(23)24/h2-4,6-11,14-15,18,22H,5H2,1H3,(H,23,24)/t14-,15-,18+/m0/s1. The Balaban J connectivity index is 1.78. The van der Waals surface area contributed by atoms with Gasteiger partial charge in [-0.3, -0.25) is 0 Å². The minimum absolute atomic E-state index is 0.00356. The van der Waals surface area contributed by atoms with Crippen LogP contribution in [0.25, 0.3) is 0 Å². The van der Waals surface area contributed by atoms with Gasteiger partial charge in [0.1, 0.15) is 0 Å². The van der Waals surface area contributed by atoms with Crippen molar-refractivity contribution in [1.82, 2.24) is 0 Å². The monoisotopic (exact) mass is 349 g/mol. The molecule has 3 atom stereocenters. The molecule has 0 saturated carbocycles. The number of nitrogens with one attached hydrogen (secondary N) is 1. The molecule has 1 aliphatic heterocycles. The van der Waals surface area contributed by atoms with Crippen molar-refractivity contribution < 1.29 is 19.4 Å². The minimum atomic E-state index is -0.938. The number of hydrogen-bond donors (Lipinski definition) is 2. The first-order valence-electron chi connectivity index (χ1n) is 8.58. The third-order valence-electron chi connectivity index (χ3n) is 5.32. The number of para-hydroxylation sites is 1. The first kappa shape index (κ1) is 16.4. The molecule has 26 heavy (non-hydrogen) atoms. The summed E-state index contributed by atoms with van der Waals surface area (Å²) in [5.74, 6) is -0.757. The fraction of sp³-hybridized carbons (Fsp3) is 0.238. The number of hydrogen-bond acceptors (Lipinski definition) is 4. The van der Waals surface area contributed by atoms with E-state index in [1.165, 1.54) is 7.11 Å². The van der Waals surface area contributed by atoms with Crippen LogP contribution in [0.2, 0.25) is 0 Å². The topological polar surface area (TPSA) is 75.6 Å². The molecular weight excluding hydrogens is 330 g/mol. The number of fused-ring (bicyclic) bond motifs is 3. The van der Waals surface area contributed by atoms with E-state index in [4.69, 9.17) is 9.84 Å². The van der Waals surface area contributed by atoms with Gasteiger partial charge in [0.15, 0.2) is 0 Å². The van der Waals surface area contributed by atoms with E-state index in [1.54, 1.807) is 18.2 Å². The summed E-state index contributed by atoms with van der Waals surface area (Å²) in [5.41, 5.74) is 3.71. The second-order valence-corrected chi connectivity index (χ2v) is 6.66. The first-order valence-corrected chi connectivity index (χ1v) is 8.58. The molecule has 0 radical (unpaired) electrons. The van der Waals surface area contributed by atoms with Gasteiger partial charge in [0, 0.05) is 5.92 Å². The molecule has 2 N–H and O–H groups in total. The van der Waals surface area contributed by atoms with Crippen molar-refractivity contribution in [2.75, 3.05) is 12.4 Å². The SMILES string of the molecule is COC(=O)c1cccc2c1N[C@H](c1ccc(C(=O)O)cc1)[C@H]1CC=C[C@H]21. The average Bonchev–Trinajstić information content (AvgIpc) is 3.16. The van der Waals surface area contributed by atoms with Gasteiger partial charge in [-0.05, 0) is 41.7 Å². The van der Waals surface area contributed by atoms with Crippen LogP contribution in [-0.4, -0.2) is 24.2 Å². The Morgan fingerprint density at radius 2 is 1.92 bits per heavy atom. The summed E-state index contributed by atoms with van der Waals surface area (Å²) >= 11 is 0. The summed E-state index contributed by atoms with van der Waals surface area (Å²) in [6.07, 6.45) is 5.31. The number of carbonyl (C=O) groups is 2. The summed E-state index contributed by atoms with van der Waals surface area (Å²) in [5, 5.41) is 12.6. The van der Waals surface area contributed by atoms with Crippen molar-refractivity contribution in [3.63, 3.8) is 0 Å². The van der Waals surface area contributed by atoms with Crippen LogP contribution < -0.4 is 5.32 Å². The van der Waals surface area contributed by atoms with Gasteiger partial charge in [0.05, 0.1) is 30.0 Å². The summed E-state index contributed by atoms with van der Waals surface area (Å²) in [4.78, 5) is 23.3. The molecule has 4 rings (SSSR count). The molecule has 2 aromatic rings. The molecule has 2 aliphatic rings. The van der Waals surface area contributed by atoms with Gasteiger partial charge in [-0.25, -0.2) is 9.59 Å². The van der Waals surface area contributed by atoms with E-state index < -0.39 is 5.97 Å². The number of allylic oxidation sites excluding steroid dienone is 2. The van der Waals surface area contributed by atoms with Gasteiger partial charge in [-0.1, -0.05) is 36.4 Å². The molecule has 5 nitrogen and oxygen atoms in total. The quantitative estimate of drug-likeness (QED) is 0.647. The maximum absolute atomic E-state index is 12.2. The summed E-state index contributed by atoms with van der Waals surface area (Å²) in [6, 6.07) is 12.6. The van der Waals surface area contributed by atoms with Crippen LogP contribution in [-0.2, 0) is 4.74 Å². The molecule has 2 aromatic carbocycles. The van der Waals surface area contributed by atoms with Crippen LogP contribution in [0.1, 0.15) is 50.2 Å². The minimum Gasteiger partial charge on any atom is -0.478 e. The molecule has 132 valence electrons. The zero-order valence-corrected chi connectivity index (χ0v) is 14.3. The molecule has 0 fully saturated rings. The highest BCUT2D eigenvalue weighted by Gasteiger charge is 2.39. The van der Waals surface area contributed by atoms with Crippen molar-refractivity contribution in [1.29, 1.82) is 0 Å². The van der Waals surface area contributed by atoms with E-state index in [2.05, 4.69) is 17.5 Å². The largest absolute Gasteiger partial charge is 0.478 e. The maximum Gasteiger partial charge on any atom is 0.339 e. The highest BCUT2D eigenvalue weighted by atomic mass is 16.5. The van der Waals surface area contributed by atoms with Gasteiger partial charge in [0.25, 0.3) is 0 Å². The summed E-state index contributed by atoms with van der Waals surface area (Å²) < 4.78 is 4.93. The molecule has 0 amide bonds. The highest BCUT2D eigenvalue weighted by Crippen LogP contribution is 2.50. The average molecular weight is 349 g/mol. The zero-order chi connectivity index (χ0) is 18.3. The first-order chi connectivity index (χ1) is 12.6. The lowest BCUT2D eigenvalue weighted by molar-refractivity contribution is 0.0600. The normalized spacial score (nSPS) is 22.9. The number of rotatable bonds is 3. The molecule has 0 bridgehead atoms. The molecule has 1 aliphatic carbocycles. The summed E-state index contributed by atoms with van der Waals surface area (Å²) in [6.45, 7) is 0. The molecule has 0 saturated heterocycles. The molecule has 1 heterocycles. The van der Waals surface area contributed by atoms with Crippen LogP contribution >= 0.6 is 0 Å². The van der Waals surface area contributed by atoms with Crippen molar-refractivity contribution in [3.8, 4) is 0 Å². The van der Waals surface area contributed by atoms with Gasteiger partial charge < -0.3 is 15.2 Å². The van der Waals surface area contributed by atoms with Crippen LogP contribution in [0.3, 0.4) is 0 Å². The molecule has 5 heteroatoms. The highest BCUT2D eigenvalue weighted by molar-refractivity contribution is 5.97. The van der Waals surface area contributed by atoms with Crippen LogP contribution in [0.4, 0.5) is 5.69 Å². The third-order valence-corrected chi connectivity index (χ3v) is 5.32. The second kappa shape index (κ2) is 6.33. The van der Waals surface area contributed by atoms with E-state index in [-0.39, 0.29) is 23.5 Å². The predicted molar refractivity (Wildman–Crippen MR) is 97.5 cm³/mol. The van der Waals surface area contributed by atoms with Gasteiger partial charge in [-0.2, -0.15) is 0 Å². The lowest BCUT2D eigenvalue weighted by Crippen LogP contribution is -2.30. The maximum atomic E-state index is 12.2. The Bertz CT molecular complexity index is 901. The Morgan fingerprint density at radius 3 is 2.62 bits per heavy atom. The van der Waals surface area contributed by atoms with E-state index in [0.717, 1.165) is 23.2 Å². The van der Waals surface area contributed by atoms with Crippen molar-refractivity contribution in [2.24, 2.45) is 5.92 Å². The number of benzene rings is 2. The molecule has 0 aromatic heterocycles. The zero-order valence-electron chi connectivity index (χ0n) is 14.3. The smallest absolute Gasteiger partial charge is 0.339 e. The molecule has 0 spiro atoms. The van der Waals surface area contributed by atoms with Gasteiger partial charge in [-0.15, -0.1) is 0 Å². The fourth-order valence-corrected chi connectivity index (χ4v) is 4.06. The summed E-state index contributed by atoms with van der Waals surface area (Å²) in [7, 11) is 1.38. The Morgan fingerprint density at radius 1 is 1.15 bits per heavy atom. The molecular formula is C21H19NO4. The van der Waals surface area contributed by atoms with Gasteiger partial charge in [0.2, 0.25) is 0 Å². The van der Waals surface area contributed by atoms with Crippen LogP contribution in [0, 0.1) is 5.92 Å². The lowest BCUT2D eigenvalue weighted by Gasteiger charge is -2.38. The Hall–Kier alpha value is -3.08. The van der Waals surface area contributed by atoms with E-state index in [0.29, 0.717) is 11.5 Å². The van der Waals surface area contributed by atoms with Crippen LogP contribution in [0.15, 0.2) is 54.6 Å². The number of esters is 1. The lowest BCUT2D eigenvalue weighted by atomic mass is 9.76. The number of ether oxygens (including phenoxy) is 1. The number of methoxy groups -OCH3 is 1. The van der Waals surface area contributed by atoms with Crippen molar-refractivity contribution >= 4 is 17.6 Å².